The maximum Gasteiger partial charge on any atom is 0.244 e. The summed E-state index contributed by atoms with van der Waals surface area (Å²) in [5.41, 5.74) is -7.59. The van der Waals surface area contributed by atoms with Gasteiger partial charge in [-0.1, -0.05) is 25.7 Å². The zero-order chi connectivity index (χ0) is 40.1. The van der Waals surface area contributed by atoms with Gasteiger partial charge < -0.3 is 44.6 Å². The summed E-state index contributed by atoms with van der Waals surface area (Å²) < 4.78 is 18.1. The van der Waals surface area contributed by atoms with Gasteiger partial charge in [0.05, 0.1) is 34.7 Å². The van der Waals surface area contributed by atoms with Gasteiger partial charge in [-0.25, -0.2) is 0 Å². The highest BCUT2D eigenvalue weighted by Crippen LogP contribution is 2.80. The van der Waals surface area contributed by atoms with Crippen LogP contribution < -0.4 is 5.32 Å². The van der Waals surface area contributed by atoms with E-state index in [9.17, 15) is 30.3 Å². The van der Waals surface area contributed by atoms with E-state index in [4.69, 9.17) is 14.2 Å². The first kappa shape index (κ1) is 38.8. The second-order valence-corrected chi connectivity index (χ2v) is 20.3. The number of carbonyl (C=O) groups is 2. The van der Waals surface area contributed by atoms with Crippen molar-refractivity contribution in [2.24, 2.45) is 45.3 Å². The summed E-state index contributed by atoms with van der Waals surface area (Å²) in [4.78, 5) is 31.7. The van der Waals surface area contributed by atoms with Crippen molar-refractivity contribution in [3.63, 3.8) is 0 Å². The average molecular weight is 789 g/mol. The number of ether oxygens (including phenoxy) is 3. The van der Waals surface area contributed by atoms with E-state index in [1.54, 1.807) is 18.9 Å². The monoisotopic (exact) mass is 788 g/mol. The number of carbonyl (C=O) groups excluding carboxylic acids is 2. The van der Waals surface area contributed by atoms with Crippen LogP contribution in [0.1, 0.15) is 97.8 Å². The fourth-order valence-corrected chi connectivity index (χ4v) is 15.0. The molecule has 6 fully saturated rings. The highest BCUT2D eigenvalue weighted by molar-refractivity contribution is 6.01. The molecule has 5 aliphatic heterocycles. The quantitative estimate of drug-likeness (QED) is 0.131. The summed E-state index contributed by atoms with van der Waals surface area (Å²) in [5.74, 6) is 12.3. The lowest BCUT2D eigenvalue weighted by molar-refractivity contribution is -0.230. The van der Waals surface area contributed by atoms with Crippen molar-refractivity contribution < 1.29 is 49.3 Å². The van der Waals surface area contributed by atoms with Crippen LogP contribution in [0.2, 0.25) is 0 Å². The third kappa shape index (κ3) is 4.64. The number of hydrogen-bond donors (Lipinski definition) is 6. The van der Waals surface area contributed by atoms with Crippen LogP contribution in [0.15, 0.2) is 11.1 Å². The van der Waals surface area contributed by atoms with Gasteiger partial charge in [-0.3, -0.25) is 14.9 Å². The number of hydrogen-bond acceptors (Lipinski definition) is 11. The summed E-state index contributed by atoms with van der Waals surface area (Å²) in [5, 5.41) is 65.7. The first-order valence-corrected chi connectivity index (χ1v) is 21.6. The third-order valence-electron chi connectivity index (χ3n) is 18.2. The van der Waals surface area contributed by atoms with Crippen molar-refractivity contribution in [1.29, 1.82) is 0 Å². The van der Waals surface area contributed by atoms with Gasteiger partial charge in [0.25, 0.3) is 0 Å². The van der Waals surface area contributed by atoms with Gasteiger partial charge in [0.15, 0.2) is 5.78 Å². The van der Waals surface area contributed by atoms with Gasteiger partial charge in [0, 0.05) is 63.6 Å². The molecule has 0 aromatic heterocycles. The Hall–Kier alpha value is -2.36. The second kappa shape index (κ2) is 12.6. The Balaban J connectivity index is 1.19. The summed E-state index contributed by atoms with van der Waals surface area (Å²) in [6.45, 7) is 7.08. The highest BCUT2D eigenvalue weighted by Gasteiger charge is 2.82. The fraction of sp³-hybridized carbons (Fsp3) is 0.822. The minimum absolute atomic E-state index is 0.0156. The fourth-order valence-electron chi connectivity index (χ4n) is 15.0. The number of fused-ring (bicyclic) bond motifs is 4. The van der Waals surface area contributed by atoms with Crippen molar-refractivity contribution in [2.75, 3.05) is 33.5 Å². The lowest BCUT2D eigenvalue weighted by Crippen LogP contribution is -2.71. The number of allylic oxidation sites excluding steroid dienone is 1. The van der Waals surface area contributed by atoms with Crippen molar-refractivity contribution >= 4 is 11.7 Å². The van der Waals surface area contributed by atoms with Crippen LogP contribution in [-0.2, 0) is 23.8 Å². The van der Waals surface area contributed by atoms with Crippen LogP contribution in [0, 0.1) is 69.0 Å². The van der Waals surface area contributed by atoms with Crippen molar-refractivity contribution in [3.05, 3.63) is 11.1 Å². The van der Waals surface area contributed by atoms with Crippen molar-refractivity contribution in [3.8, 4) is 23.7 Å². The first-order chi connectivity index (χ1) is 27.1. The topological polar surface area (TPSA) is 178 Å². The predicted molar refractivity (Wildman–Crippen MR) is 204 cm³/mol. The Morgan fingerprint density at radius 2 is 1.81 bits per heavy atom. The predicted octanol–water partition coefficient (Wildman–Crippen LogP) is 1.59. The molecule has 6 aliphatic carbocycles. The van der Waals surface area contributed by atoms with Gasteiger partial charge in [-0.15, -0.1) is 11.8 Å². The molecular formula is C45H60N2O10. The number of amides is 1. The Morgan fingerprint density at radius 1 is 1.00 bits per heavy atom. The molecule has 3 saturated carbocycles. The largest absolute Gasteiger partial charge is 0.396 e. The number of aliphatic hydroxyl groups is 5. The van der Waals surface area contributed by atoms with E-state index in [0.717, 1.165) is 18.4 Å². The normalized spacial score (nSPS) is 53.9. The molecule has 3 spiro atoms. The standard InChI is InChI=1S/C45H60N2O10/c1-39-15-11-27(56-19-7-18-55-4)20-31(39)32(49)28-10-9-25-21-44-14-6-13-43(22-29-30(24-48)33(36(50)41(44,3)53)57-34(29)37(51)46-43)38(52)47-23-26(47)8-5-12-42(39)17-16-40(44,2)45(25,54)35(28)42/h25-27,29-31,33-34,36-37,46,48,50-51,53-54H,7-11,13,15-24H2,1-4H3. The summed E-state index contributed by atoms with van der Waals surface area (Å²) >= 11 is 0. The molecule has 6 N–H and O–H groups in total. The molecule has 0 aromatic carbocycles. The van der Waals surface area contributed by atoms with Crippen LogP contribution in [0.3, 0.4) is 0 Å². The number of piperidine rings is 1. The maximum atomic E-state index is 15.2. The number of Topliss-reactive ketones (excluding diaryl/α,β-unsaturated/α-hetero) is 1. The van der Waals surface area contributed by atoms with Gasteiger partial charge in [0.1, 0.15) is 29.6 Å². The van der Waals surface area contributed by atoms with Crippen LogP contribution >= 0.6 is 0 Å². The number of aliphatic hydroxyl groups excluding tert-OH is 3. The summed E-state index contributed by atoms with van der Waals surface area (Å²) in [7, 11) is 1.68. The van der Waals surface area contributed by atoms with Crippen LogP contribution in [0.5, 0.6) is 0 Å². The average Bonchev–Trinajstić information content (AvgIpc) is 3.80. The molecule has 57 heavy (non-hydrogen) atoms. The van der Waals surface area contributed by atoms with Crippen LogP contribution in [0.25, 0.3) is 0 Å². The Kier molecular flexibility index (Phi) is 8.58. The molecule has 17 atom stereocenters. The molecule has 1 amide bonds. The second-order valence-electron chi connectivity index (χ2n) is 20.3. The minimum Gasteiger partial charge on any atom is -0.396 e. The zero-order valence-electron chi connectivity index (χ0n) is 33.8. The summed E-state index contributed by atoms with van der Waals surface area (Å²) in [6, 6.07) is -0.148. The Morgan fingerprint density at radius 3 is 2.58 bits per heavy atom. The van der Waals surface area contributed by atoms with E-state index < -0.39 is 80.7 Å². The molecule has 7 bridgehead atoms. The molecule has 17 unspecified atom stereocenters. The van der Waals surface area contributed by atoms with Crippen LogP contribution in [0.4, 0.5) is 0 Å². The van der Waals surface area contributed by atoms with Crippen molar-refractivity contribution in [1.82, 2.24) is 10.2 Å². The van der Waals surface area contributed by atoms with Gasteiger partial charge in [-0.2, -0.15) is 0 Å². The van der Waals surface area contributed by atoms with Crippen molar-refractivity contribution in [2.45, 2.75) is 151 Å². The van der Waals surface area contributed by atoms with E-state index >= 15 is 4.79 Å². The van der Waals surface area contributed by atoms with Gasteiger partial charge in [0.2, 0.25) is 5.91 Å². The maximum absolute atomic E-state index is 15.2. The molecular weight excluding hydrogens is 728 g/mol. The minimum atomic E-state index is -2.00. The number of rotatable bonds is 6. The van der Waals surface area contributed by atoms with Gasteiger partial charge >= 0.3 is 0 Å². The number of ketones is 1. The molecule has 5 heterocycles. The van der Waals surface area contributed by atoms with E-state index in [2.05, 4.69) is 35.9 Å². The van der Waals surface area contributed by atoms with E-state index in [-0.39, 0.29) is 55.6 Å². The summed E-state index contributed by atoms with van der Waals surface area (Å²) in [6.07, 6.45) is 0.845. The third-order valence-corrected chi connectivity index (χ3v) is 18.2. The smallest absolute Gasteiger partial charge is 0.244 e. The van der Waals surface area contributed by atoms with E-state index in [0.29, 0.717) is 70.3 Å². The highest BCUT2D eigenvalue weighted by atomic mass is 16.5. The number of nitrogens with one attached hydrogen (secondary N) is 1. The first-order valence-electron chi connectivity index (χ1n) is 21.6. The molecule has 3 saturated heterocycles. The van der Waals surface area contributed by atoms with Crippen LogP contribution in [-0.4, -0.2) is 129 Å². The zero-order valence-corrected chi connectivity index (χ0v) is 33.8. The molecule has 0 aromatic rings. The molecule has 11 rings (SSSR count). The molecule has 12 nitrogen and oxygen atoms in total. The molecule has 310 valence electrons. The molecule has 12 heteroatoms. The number of methoxy groups -OCH3 is 1. The van der Waals surface area contributed by atoms with E-state index in [1.165, 1.54) is 0 Å². The Labute approximate surface area is 335 Å². The SMILES string of the molecule is COCCCOC1CCC2(C)C(C1)C(=O)C1=C3C24C#CCC2CN2C(=O)C25CC#CC6(CC(CC1)C3(O)C6(C)CC4)C(C)(O)C(O)C1OC(C(O)N2)C(C5)C1CO. The van der Waals surface area contributed by atoms with Gasteiger partial charge in [-0.05, 0) is 99.5 Å². The lowest BCUT2D eigenvalue weighted by atomic mass is 9.36. The number of nitrogens with zero attached hydrogens (tertiary/aromatic N) is 1. The lowest BCUT2D eigenvalue weighted by Gasteiger charge is -2.68. The molecule has 0 radical (unpaired) electrons. The van der Waals surface area contributed by atoms with E-state index in [1.807, 2.05) is 6.92 Å². The molecule has 11 aliphatic rings. The Bertz CT molecular complexity index is 1930.